The molecule has 0 N–H and O–H groups in total. The Labute approximate surface area is 137 Å². The molecule has 0 spiro atoms. The van der Waals surface area contributed by atoms with Gasteiger partial charge in [0, 0.05) is 6.07 Å². The molecule has 0 aromatic heterocycles. The third kappa shape index (κ3) is 3.03. The topological polar surface area (TPSA) is 47.9 Å². The fourth-order valence-corrected chi connectivity index (χ4v) is 2.34. The normalized spacial score (nSPS) is 15.4. The standard InChI is InChI=1S/C18H13F2NO3/c1-10-7-11(3-6-16(10)23-2)8-15-18(22)24-17(21-15)13-5-4-12(19)9-14(13)20/h3-9H,1-2H3/b15-8+. The lowest BCUT2D eigenvalue weighted by molar-refractivity contribution is -0.129. The summed E-state index contributed by atoms with van der Waals surface area (Å²) in [5, 5.41) is 0. The second kappa shape index (κ2) is 6.23. The van der Waals surface area contributed by atoms with E-state index in [0.717, 1.165) is 22.9 Å². The quantitative estimate of drug-likeness (QED) is 0.638. The summed E-state index contributed by atoms with van der Waals surface area (Å²) in [5.74, 6) is -1.71. The number of cyclic esters (lactones) is 1. The van der Waals surface area contributed by atoms with Gasteiger partial charge in [-0.1, -0.05) is 6.07 Å². The van der Waals surface area contributed by atoms with Gasteiger partial charge in [0.2, 0.25) is 5.90 Å². The molecule has 0 atom stereocenters. The Morgan fingerprint density at radius 3 is 2.62 bits per heavy atom. The van der Waals surface area contributed by atoms with E-state index in [1.54, 1.807) is 19.2 Å². The van der Waals surface area contributed by atoms with Gasteiger partial charge in [0.05, 0.1) is 12.7 Å². The van der Waals surface area contributed by atoms with Crippen LogP contribution in [0.15, 0.2) is 47.1 Å². The summed E-state index contributed by atoms with van der Waals surface area (Å²) < 4.78 is 36.9. The van der Waals surface area contributed by atoms with Crippen LogP contribution in [-0.2, 0) is 9.53 Å². The molecule has 0 saturated carbocycles. The van der Waals surface area contributed by atoms with Crippen LogP contribution in [-0.4, -0.2) is 19.0 Å². The van der Waals surface area contributed by atoms with Gasteiger partial charge in [0.25, 0.3) is 0 Å². The molecule has 0 fully saturated rings. The average molecular weight is 329 g/mol. The Morgan fingerprint density at radius 1 is 1.17 bits per heavy atom. The number of aliphatic imine (C=N–C) groups is 1. The van der Waals surface area contributed by atoms with Crippen LogP contribution in [0.4, 0.5) is 8.78 Å². The number of halogens is 2. The van der Waals surface area contributed by atoms with E-state index >= 15 is 0 Å². The largest absolute Gasteiger partial charge is 0.496 e. The van der Waals surface area contributed by atoms with Crippen LogP contribution in [0.5, 0.6) is 5.75 Å². The van der Waals surface area contributed by atoms with E-state index in [9.17, 15) is 13.6 Å². The van der Waals surface area contributed by atoms with E-state index in [1.807, 2.05) is 13.0 Å². The van der Waals surface area contributed by atoms with Gasteiger partial charge < -0.3 is 9.47 Å². The van der Waals surface area contributed by atoms with Gasteiger partial charge in [0.15, 0.2) is 5.70 Å². The minimum atomic E-state index is -0.844. The maximum atomic E-state index is 13.8. The van der Waals surface area contributed by atoms with E-state index in [-0.39, 0.29) is 17.2 Å². The Bertz CT molecular complexity index is 888. The van der Waals surface area contributed by atoms with Crippen molar-refractivity contribution in [3.63, 3.8) is 0 Å². The van der Waals surface area contributed by atoms with Crippen molar-refractivity contribution >= 4 is 17.9 Å². The first kappa shape index (κ1) is 15.9. The number of methoxy groups -OCH3 is 1. The number of carbonyl (C=O) groups is 1. The molecule has 4 nitrogen and oxygen atoms in total. The van der Waals surface area contributed by atoms with Crippen molar-refractivity contribution in [2.45, 2.75) is 6.92 Å². The molecule has 0 aliphatic carbocycles. The van der Waals surface area contributed by atoms with Gasteiger partial charge in [-0.3, -0.25) is 0 Å². The maximum absolute atomic E-state index is 13.8. The predicted molar refractivity (Wildman–Crippen MR) is 84.7 cm³/mol. The van der Waals surface area contributed by atoms with Crippen LogP contribution in [0, 0.1) is 18.6 Å². The van der Waals surface area contributed by atoms with Crippen LogP contribution in [0.1, 0.15) is 16.7 Å². The Balaban J connectivity index is 1.95. The molecule has 0 radical (unpaired) electrons. The number of rotatable bonds is 3. The van der Waals surface area contributed by atoms with Gasteiger partial charge in [-0.05, 0) is 48.4 Å². The smallest absolute Gasteiger partial charge is 0.363 e. The maximum Gasteiger partial charge on any atom is 0.363 e. The molecule has 6 heteroatoms. The molecule has 0 saturated heterocycles. The van der Waals surface area contributed by atoms with Crippen LogP contribution in [0.2, 0.25) is 0 Å². The highest BCUT2D eigenvalue weighted by molar-refractivity contribution is 6.12. The van der Waals surface area contributed by atoms with E-state index in [4.69, 9.17) is 9.47 Å². The monoisotopic (exact) mass is 329 g/mol. The lowest BCUT2D eigenvalue weighted by atomic mass is 10.1. The molecule has 2 aromatic carbocycles. The summed E-state index contributed by atoms with van der Waals surface area (Å²) in [6.45, 7) is 1.87. The number of ether oxygens (including phenoxy) is 2. The number of nitrogens with zero attached hydrogens (tertiary/aromatic N) is 1. The fourth-order valence-electron chi connectivity index (χ4n) is 2.34. The highest BCUT2D eigenvalue weighted by Gasteiger charge is 2.26. The summed E-state index contributed by atoms with van der Waals surface area (Å²) in [6, 6.07) is 8.32. The number of hydrogen-bond acceptors (Lipinski definition) is 4. The highest BCUT2D eigenvalue weighted by Crippen LogP contribution is 2.24. The number of esters is 1. The zero-order valence-corrected chi connectivity index (χ0v) is 13.0. The van der Waals surface area contributed by atoms with Crippen molar-refractivity contribution in [2.75, 3.05) is 7.11 Å². The van der Waals surface area contributed by atoms with Crippen molar-refractivity contribution in [1.82, 2.24) is 0 Å². The number of benzene rings is 2. The molecule has 24 heavy (non-hydrogen) atoms. The van der Waals surface area contributed by atoms with Crippen molar-refractivity contribution < 1.29 is 23.0 Å². The average Bonchev–Trinajstić information content (AvgIpc) is 2.88. The molecular formula is C18H13F2NO3. The zero-order chi connectivity index (χ0) is 17.3. The third-order valence-electron chi connectivity index (χ3n) is 3.50. The molecule has 1 aliphatic heterocycles. The summed E-state index contributed by atoms with van der Waals surface area (Å²) in [4.78, 5) is 15.9. The van der Waals surface area contributed by atoms with Crippen molar-refractivity contribution in [3.8, 4) is 5.75 Å². The second-order valence-corrected chi connectivity index (χ2v) is 5.19. The number of carbonyl (C=O) groups excluding carboxylic acids is 1. The summed E-state index contributed by atoms with van der Waals surface area (Å²) in [6.07, 6.45) is 1.53. The molecular weight excluding hydrogens is 316 g/mol. The number of aryl methyl sites for hydroxylation is 1. The van der Waals surface area contributed by atoms with Crippen molar-refractivity contribution in [3.05, 3.63) is 70.4 Å². The first-order chi connectivity index (χ1) is 11.5. The molecule has 3 rings (SSSR count). The number of hydrogen-bond donors (Lipinski definition) is 0. The molecule has 1 heterocycles. The predicted octanol–water partition coefficient (Wildman–Crippen LogP) is 3.63. The van der Waals surface area contributed by atoms with Crippen molar-refractivity contribution in [2.24, 2.45) is 4.99 Å². The Morgan fingerprint density at radius 2 is 1.96 bits per heavy atom. The van der Waals surface area contributed by atoms with Gasteiger partial charge in [-0.15, -0.1) is 0 Å². The van der Waals surface area contributed by atoms with Crippen molar-refractivity contribution in [1.29, 1.82) is 0 Å². The van der Waals surface area contributed by atoms with Crippen LogP contribution in [0.25, 0.3) is 6.08 Å². The second-order valence-electron chi connectivity index (χ2n) is 5.19. The van der Waals surface area contributed by atoms with Gasteiger partial charge in [-0.25, -0.2) is 18.6 Å². The Hall–Kier alpha value is -3.02. The molecule has 0 amide bonds. The highest BCUT2D eigenvalue weighted by atomic mass is 19.1. The first-order valence-corrected chi connectivity index (χ1v) is 7.10. The summed E-state index contributed by atoms with van der Waals surface area (Å²) >= 11 is 0. The van der Waals surface area contributed by atoms with E-state index < -0.39 is 17.6 Å². The van der Waals surface area contributed by atoms with Gasteiger partial charge in [-0.2, -0.15) is 0 Å². The van der Waals surface area contributed by atoms with E-state index in [2.05, 4.69) is 4.99 Å². The van der Waals surface area contributed by atoms with E-state index in [1.165, 1.54) is 12.1 Å². The van der Waals surface area contributed by atoms with Gasteiger partial charge in [0.1, 0.15) is 17.4 Å². The van der Waals surface area contributed by atoms with Crippen LogP contribution >= 0.6 is 0 Å². The fraction of sp³-hybridized carbons (Fsp3) is 0.111. The molecule has 0 bridgehead atoms. The van der Waals surface area contributed by atoms with Crippen LogP contribution < -0.4 is 4.74 Å². The minimum Gasteiger partial charge on any atom is -0.496 e. The lowest BCUT2D eigenvalue weighted by Gasteiger charge is -2.04. The molecule has 122 valence electrons. The minimum absolute atomic E-state index is 0.0401. The molecule has 0 unspecified atom stereocenters. The van der Waals surface area contributed by atoms with E-state index in [0.29, 0.717) is 6.07 Å². The molecule has 2 aromatic rings. The summed E-state index contributed by atoms with van der Waals surface area (Å²) in [5.41, 5.74) is 1.59. The van der Waals surface area contributed by atoms with Gasteiger partial charge >= 0.3 is 5.97 Å². The zero-order valence-electron chi connectivity index (χ0n) is 13.0. The lowest BCUT2D eigenvalue weighted by Crippen LogP contribution is -2.07. The molecule has 1 aliphatic rings. The third-order valence-corrected chi connectivity index (χ3v) is 3.50. The first-order valence-electron chi connectivity index (χ1n) is 7.10. The summed E-state index contributed by atoms with van der Waals surface area (Å²) in [7, 11) is 1.57. The Kier molecular flexibility index (Phi) is 4.12. The SMILES string of the molecule is COc1ccc(/C=C2/N=C(c3ccc(F)cc3F)OC2=O)cc1C. The van der Waals surface area contributed by atoms with Crippen LogP contribution in [0.3, 0.4) is 0 Å².